The lowest BCUT2D eigenvalue weighted by atomic mass is 9.63. The van der Waals surface area contributed by atoms with Gasteiger partial charge in [-0.3, -0.25) is 4.79 Å². The van der Waals surface area contributed by atoms with E-state index in [9.17, 15) is 10.1 Å². The Morgan fingerprint density at radius 2 is 2.28 bits per heavy atom. The van der Waals surface area contributed by atoms with E-state index in [1.807, 2.05) is 13.0 Å². The van der Waals surface area contributed by atoms with Gasteiger partial charge in [0.25, 0.3) is 0 Å². The average Bonchev–Trinajstić information content (AvgIpc) is 2.28. The highest BCUT2D eigenvalue weighted by Crippen LogP contribution is 2.45. The van der Waals surface area contributed by atoms with E-state index in [-0.39, 0.29) is 5.91 Å². The number of rotatable bonds is 2. The lowest BCUT2D eigenvalue weighted by Gasteiger charge is -2.39. The fraction of sp³-hybridized carbons (Fsp3) is 0.385. The number of carbonyl (C=O) groups excluding carboxylic acids is 1. The third kappa shape index (κ3) is 2.47. The second-order valence-corrected chi connectivity index (χ2v) is 6.44. The number of carbonyl (C=O) groups is 1. The molecule has 0 bridgehead atoms. The molecular formula is C13H12ClIN2O. The fourth-order valence-corrected chi connectivity index (χ4v) is 3.19. The first-order chi connectivity index (χ1) is 8.47. The summed E-state index contributed by atoms with van der Waals surface area (Å²) in [6, 6.07) is 7.54. The van der Waals surface area contributed by atoms with Crippen LogP contribution in [0.15, 0.2) is 18.2 Å². The summed E-state index contributed by atoms with van der Waals surface area (Å²) in [7, 11) is 0. The van der Waals surface area contributed by atoms with E-state index in [0.29, 0.717) is 29.5 Å². The van der Waals surface area contributed by atoms with Gasteiger partial charge < -0.3 is 5.32 Å². The summed E-state index contributed by atoms with van der Waals surface area (Å²) >= 11 is 8.21. The standard InChI is InChI=1S/C13H12ClIN2O/c1-8-5-13(6-8,7-16)12(18)17-11-3-2-9(15)4-10(11)14/h2-4,8H,5-6H2,1H3,(H,17,18). The maximum absolute atomic E-state index is 12.1. The molecule has 0 radical (unpaired) electrons. The Bertz CT molecular complexity index is 532. The molecule has 0 spiro atoms. The summed E-state index contributed by atoms with van der Waals surface area (Å²) in [6.45, 7) is 2.04. The van der Waals surface area contributed by atoms with Gasteiger partial charge in [-0.2, -0.15) is 5.26 Å². The molecule has 18 heavy (non-hydrogen) atoms. The highest BCUT2D eigenvalue weighted by molar-refractivity contribution is 14.1. The van der Waals surface area contributed by atoms with Gasteiger partial charge in [-0.1, -0.05) is 18.5 Å². The quantitative estimate of drug-likeness (QED) is 0.800. The lowest BCUT2D eigenvalue weighted by molar-refractivity contribution is -0.128. The largest absolute Gasteiger partial charge is 0.323 e. The minimum absolute atomic E-state index is 0.244. The van der Waals surface area contributed by atoms with Gasteiger partial charge in [0, 0.05) is 3.57 Å². The molecule has 1 amide bonds. The van der Waals surface area contributed by atoms with E-state index >= 15 is 0 Å². The van der Waals surface area contributed by atoms with Crippen molar-refractivity contribution >= 4 is 45.8 Å². The van der Waals surface area contributed by atoms with Gasteiger partial charge in [-0.25, -0.2) is 0 Å². The Morgan fingerprint density at radius 1 is 1.61 bits per heavy atom. The van der Waals surface area contributed by atoms with Crippen molar-refractivity contribution in [2.75, 3.05) is 5.32 Å². The zero-order valence-electron chi connectivity index (χ0n) is 9.84. The van der Waals surface area contributed by atoms with Crippen LogP contribution in [0.2, 0.25) is 5.02 Å². The minimum Gasteiger partial charge on any atom is -0.323 e. The molecule has 0 aromatic heterocycles. The maximum atomic E-state index is 12.1. The Kier molecular flexibility index (Phi) is 3.83. The van der Waals surface area contributed by atoms with E-state index in [0.717, 1.165) is 3.57 Å². The molecule has 1 fully saturated rings. The van der Waals surface area contributed by atoms with Crippen LogP contribution in [0.25, 0.3) is 0 Å². The molecular weight excluding hydrogens is 363 g/mol. The molecule has 0 unspecified atom stereocenters. The summed E-state index contributed by atoms with van der Waals surface area (Å²) in [5.74, 6) is 0.189. The maximum Gasteiger partial charge on any atom is 0.244 e. The first-order valence-corrected chi connectivity index (χ1v) is 7.10. The van der Waals surface area contributed by atoms with Crippen LogP contribution >= 0.6 is 34.2 Å². The predicted molar refractivity (Wildman–Crippen MR) is 79.2 cm³/mol. The van der Waals surface area contributed by atoms with Crippen LogP contribution in [0.4, 0.5) is 5.69 Å². The van der Waals surface area contributed by atoms with Crippen molar-refractivity contribution in [3.63, 3.8) is 0 Å². The number of halogens is 2. The van der Waals surface area contributed by atoms with Crippen LogP contribution in [0, 0.1) is 26.2 Å². The first kappa shape index (κ1) is 13.6. The van der Waals surface area contributed by atoms with Crippen LogP contribution in [0.1, 0.15) is 19.8 Å². The van der Waals surface area contributed by atoms with Crippen LogP contribution in [0.3, 0.4) is 0 Å². The molecule has 94 valence electrons. The number of nitrogens with one attached hydrogen (secondary N) is 1. The van der Waals surface area contributed by atoms with Crippen molar-refractivity contribution in [3.05, 3.63) is 26.8 Å². The van der Waals surface area contributed by atoms with Gasteiger partial charge in [-0.05, 0) is 59.5 Å². The minimum atomic E-state index is -0.869. The lowest BCUT2D eigenvalue weighted by Crippen LogP contribution is -2.45. The van der Waals surface area contributed by atoms with Crippen LogP contribution in [0.5, 0.6) is 0 Å². The van der Waals surface area contributed by atoms with Gasteiger partial charge >= 0.3 is 0 Å². The van der Waals surface area contributed by atoms with Gasteiger partial charge in [-0.15, -0.1) is 0 Å². The normalized spacial score (nSPS) is 26.0. The van der Waals surface area contributed by atoms with Crippen LogP contribution < -0.4 is 5.32 Å². The number of hydrogen-bond donors (Lipinski definition) is 1. The summed E-state index contributed by atoms with van der Waals surface area (Å²) in [5, 5.41) is 12.4. The number of anilines is 1. The predicted octanol–water partition coefficient (Wildman–Crippen LogP) is 3.82. The Hall–Kier alpha value is -0.800. The summed E-state index contributed by atoms with van der Waals surface area (Å²) in [6.07, 6.45) is 1.24. The second kappa shape index (κ2) is 5.06. The summed E-state index contributed by atoms with van der Waals surface area (Å²) in [4.78, 5) is 12.1. The smallest absolute Gasteiger partial charge is 0.244 e. The molecule has 1 aliphatic rings. The van der Waals surface area contributed by atoms with Gasteiger partial charge in [0.05, 0.1) is 16.8 Å². The topological polar surface area (TPSA) is 52.9 Å². The van der Waals surface area contributed by atoms with Crippen molar-refractivity contribution in [2.45, 2.75) is 19.8 Å². The number of nitriles is 1. The molecule has 1 aromatic rings. The number of benzene rings is 1. The molecule has 1 N–H and O–H groups in total. The van der Waals surface area contributed by atoms with Crippen molar-refractivity contribution < 1.29 is 4.79 Å². The van der Waals surface area contributed by atoms with Crippen molar-refractivity contribution in [2.24, 2.45) is 11.3 Å². The zero-order chi connectivity index (χ0) is 13.3. The van der Waals surface area contributed by atoms with Gasteiger partial charge in [0.15, 0.2) is 0 Å². The highest BCUT2D eigenvalue weighted by Gasteiger charge is 2.49. The van der Waals surface area contributed by atoms with Crippen molar-refractivity contribution in [1.82, 2.24) is 0 Å². The molecule has 3 nitrogen and oxygen atoms in total. The van der Waals surface area contributed by atoms with E-state index in [1.54, 1.807) is 12.1 Å². The third-order valence-corrected chi connectivity index (χ3v) is 4.21. The van der Waals surface area contributed by atoms with Gasteiger partial charge in [0.1, 0.15) is 5.41 Å². The zero-order valence-corrected chi connectivity index (χ0v) is 12.7. The summed E-state index contributed by atoms with van der Waals surface area (Å²) < 4.78 is 1.00. The van der Waals surface area contributed by atoms with E-state index < -0.39 is 5.41 Å². The third-order valence-electron chi connectivity index (χ3n) is 3.22. The molecule has 1 aromatic carbocycles. The van der Waals surface area contributed by atoms with Crippen LogP contribution in [-0.4, -0.2) is 5.91 Å². The molecule has 0 aliphatic heterocycles. The van der Waals surface area contributed by atoms with Crippen LogP contribution in [-0.2, 0) is 4.79 Å². The average molecular weight is 375 g/mol. The molecule has 5 heteroatoms. The Morgan fingerprint density at radius 3 is 2.78 bits per heavy atom. The molecule has 2 rings (SSSR count). The molecule has 0 atom stereocenters. The molecule has 1 saturated carbocycles. The molecule has 1 aliphatic carbocycles. The fourth-order valence-electron chi connectivity index (χ4n) is 2.29. The van der Waals surface area contributed by atoms with Crippen molar-refractivity contribution in [3.8, 4) is 6.07 Å². The van der Waals surface area contributed by atoms with Gasteiger partial charge in [0.2, 0.25) is 5.91 Å². The highest BCUT2D eigenvalue weighted by atomic mass is 127. The first-order valence-electron chi connectivity index (χ1n) is 5.64. The van der Waals surface area contributed by atoms with E-state index in [2.05, 4.69) is 34.0 Å². The monoisotopic (exact) mass is 374 g/mol. The number of nitrogens with zero attached hydrogens (tertiary/aromatic N) is 1. The summed E-state index contributed by atoms with van der Waals surface area (Å²) in [5.41, 5.74) is -0.303. The van der Waals surface area contributed by atoms with E-state index in [1.165, 1.54) is 0 Å². The Balaban J connectivity index is 2.15. The number of amides is 1. The molecule has 0 heterocycles. The second-order valence-electron chi connectivity index (χ2n) is 4.79. The Labute approximate surface area is 125 Å². The SMILES string of the molecule is CC1CC(C#N)(C(=O)Nc2ccc(I)cc2Cl)C1. The number of hydrogen-bond acceptors (Lipinski definition) is 2. The van der Waals surface area contributed by atoms with E-state index in [4.69, 9.17) is 11.6 Å². The van der Waals surface area contributed by atoms with Crippen molar-refractivity contribution in [1.29, 1.82) is 5.26 Å². The molecule has 0 saturated heterocycles.